The number of fused-ring (bicyclic) bond motifs is 1. The quantitative estimate of drug-likeness (QED) is 0.913. The Hall–Kier alpha value is -2.21. The van der Waals surface area contributed by atoms with Crippen molar-refractivity contribution in [2.45, 2.75) is 25.7 Å². The molecular formula is C15H14N2O3S. The largest absolute Gasteiger partial charge is 0.481 e. The van der Waals surface area contributed by atoms with Gasteiger partial charge in [0.1, 0.15) is 5.92 Å². The first-order chi connectivity index (χ1) is 10.0. The van der Waals surface area contributed by atoms with E-state index < -0.39 is 11.9 Å². The Morgan fingerprint density at radius 2 is 2.05 bits per heavy atom. The van der Waals surface area contributed by atoms with Gasteiger partial charge in [-0.2, -0.15) is 0 Å². The van der Waals surface area contributed by atoms with Gasteiger partial charge in [0.25, 0.3) is 5.91 Å². The number of carboxylic acids is 1. The molecule has 108 valence electrons. The van der Waals surface area contributed by atoms with E-state index >= 15 is 0 Å². The van der Waals surface area contributed by atoms with Gasteiger partial charge in [-0.05, 0) is 31.9 Å². The normalized spacial score (nSPS) is 16.5. The minimum absolute atomic E-state index is 0.228. The lowest BCUT2D eigenvalue weighted by atomic mass is 10.1. The van der Waals surface area contributed by atoms with Crippen LogP contribution in [0.25, 0.3) is 0 Å². The van der Waals surface area contributed by atoms with Crippen LogP contribution in [0.2, 0.25) is 0 Å². The summed E-state index contributed by atoms with van der Waals surface area (Å²) in [5.74, 6) is -1.62. The average molecular weight is 302 g/mol. The van der Waals surface area contributed by atoms with Crippen LogP contribution in [0.3, 0.4) is 0 Å². The number of hydrogen-bond acceptors (Lipinski definition) is 4. The maximum absolute atomic E-state index is 12.1. The van der Waals surface area contributed by atoms with Gasteiger partial charge in [0.15, 0.2) is 5.13 Å². The highest BCUT2D eigenvalue weighted by Gasteiger charge is 2.32. The maximum atomic E-state index is 12.1. The third-order valence-electron chi connectivity index (χ3n) is 3.55. The van der Waals surface area contributed by atoms with Crippen molar-refractivity contribution in [3.63, 3.8) is 0 Å². The number of benzene rings is 1. The molecule has 0 saturated carbocycles. The molecule has 5 nitrogen and oxygen atoms in total. The van der Waals surface area contributed by atoms with Crippen molar-refractivity contribution >= 4 is 28.3 Å². The number of nitrogens with one attached hydrogen (secondary N) is 1. The zero-order valence-corrected chi connectivity index (χ0v) is 12.2. The van der Waals surface area contributed by atoms with Crippen molar-refractivity contribution in [3.05, 3.63) is 46.0 Å². The molecule has 1 atom stereocenters. The van der Waals surface area contributed by atoms with Crippen molar-refractivity contribution in [1.29, 1.82) is 0 Å². The number of carbonyl (C=O) groups excluding carboxylic acids is 1. The summed E-state index contributed by atoms with van der Waals surface area (Å²) < 4.78 is 0. The number of hydrogen-bond donors (Lipinski definition) is 2. The third-order valence-corrected chi connectivity index (χ3v) is 4.60. The molecule has 0 spiro atoms. The van der Waals surface area contributed by atoms with Crippen LogP contribution in [0, 0.1) is 6.92 Å². The van der Waals surface area contributed by atoms with E-state index in [4.69, 9.17) is 5.11 Å². The molecule has 2 aromatic rings. The van der Waals surface area contributed by atoms with E-state index in [0.717, 1.165) is 10.4 Å². The molecule has 1 aromatic carbocycles. The Balaban J connectivity index is 1.77. The fourth-order valence-corrected chi connectivity index (χ4v) is 3.43. The lowest BCUT2D eigenvalue weighted by molar-refractivity contribution is -0.138. The van der Waals surface area contributed by atoms with Gasteiger partial charge in [0.2, 0.25) is 0 Å². The van der Waals surface area contributed by atoms with E-state index in [9.17, 15) is 9.59 Å². The Labute approximate surface area is 125 Å². The van der Waals surface area contributed by atoms with Gasteiger partial charge in [0.05, 0.1) is 5.69 Å². The summed E-state index contributed by atoms with van der Waals surface area (Å²) >= 11 is 1.36. The highest BCUT2D eigenvalue weighted by molar-refractivity contribution is 7.16. The van der Waals surface area contributed by atoms with Crippen LogP contribution in [0.15, 0.2) is 24.3 Å². The minimum atomic E-state index is -0.851. The van der Waals surface area contributed by atoms with Crippen molar-refractivity contribution in [2.24, 2.45) is 0 Å². The first kappa shape index (κ1) is 13.8. The zero-order chi connectivity index (χ0) is 15.0. The predicted octanol–water partition coefficient (Wildman–Crippen LogP) is 2.82. The monoisotopic (exact) mass is 302 g/mol. The fraction of sp³-hybridized carbons (Fsp3) is 0.267. The van der Waals surface area contributed by atoms with Gasteiger partial charge in [-0.25, -0.2) is 4.98 Å². The molecule has 0 aliphatic heterocycles. The van der Waals surface area contributed by atoms with Crippen LogP contribution in [-0.4, -0.2) is 22.0 Å². The Morgan fingerprint density at radius 3 is 2.71 bits per heavy atom. The Kier molecular flexibility index (Phi) is 3.47. The summed E-state index contributed by atoms with van der Waals surface area (Å²) in [7, 11) is 0. The van der Waals surface area contributed by atoms with Gasteiger partial charge < -0.3 is 5.11 Å². The van der Waals surface area contributed by atoms with Crippen LogP contribution >= 0.6 is 11.3 Å². The molecule has 1 aliphatic carbocycles. The number of aromatic nitrogens is 1. The molecule has 1 amide bonds. The van der Waals surface area contributed by atoms with Gasteiger partial charge in [-0.15, -0.1) is 11.3 Å². The molecule has 0 saturated heterocycles. The van der Waals surface area contributed by atoms with Crippen LogP contribution in [0.5, 0.6) is 0 Å². The molecule has 2 N–H and O–H groups in total. The summed E-state index contributed by atoms with van der Waals surface area (Å²) in [6.07, 6.45) is 1.31. The second-order valence-electron chi connectivity index (χ2n) is 5.08. The Morgan fingerprint density at radius 1 is 1.33 bits per heavy atom. The number of thiazole rings is 1. The van der Waals surface area contributed by atoms with Crippen molar-refractivity contribution < 1.29 is 14.7 Å². The zero-order valence-electron chi connectivity index (χ0n) is 11.4. The standard InChI is InChI=1S/C15H14N2O3S/c1-8-2-4-9(5-3-8)13(18)17-15-16-12-10(14(19)20)6-7-11(12)21-15/h2-5,10H,6-7H2,1H3,(H,19,20)(H,16,17,18)/t10-/m1/s1. The second kappa shape index (κ2) is 5.29. The number of rotatable bonds is 3. The summed E-state index contributed by atoms with van der Waals surface area (Å²) in [6, 6.07) is 7.26. The molecule has 0 unspecified atom stereocenters. The number of aryl methyl sites for hydroxylation is 2. The number of carbonyl (C=O) groups is 2. The molecule has 0 bridgehead atoms. The van der Waals surface area contributed by atoms with Gasteiger partial charge in [-0.1, -0.05) is 17.7 Å². The number of aliphatic carboxylic acids is 1. The van der Waals surface area contributed by atoms with E-state index in [1.165, 1.54) is 11.3 Å². The van der Waals surface area contributed by atoms with Crippen LogP contribution < -0.4 is 5.32 Å². The maximum Gasteiger partial charge on any atom is 0.312 e. The van der Waals surface area contributed by atoms with Gasteiger partial charge >= 0.3 is 5.97 Å². The number of carboxylic acid groups (broad SMARTS) is 1. The summed E-state index contributed by atoms with van der Waals surface area (Å²) in [6.45, 7) is 1.96. The number of anilines is 1. The summed E-state index contributed by atoms with van der Waals surface area (Å²) in [5, 5.41) is 12.3. The van der Waals surface area contributed by atoms with Crippen LogP contribution in [-0.2, 0) is 11.2 Å². The first-order valence-corrected chi connectivity index (χ1v) is 7.46. The van der Waals surface area contributed by atoms with E-state index in [-0.39, 0.29) is 5.91 Å². The smallest absolute Gasteiger partial charge is 0.312 e. The SMILES string of the molecule is Cc1ccc(C(=O)Nc2nc3c(s2)CC[C@H]3C(=O)O)cc1. The number of amides is 1. The van der Waals surface area contributed by atoms with E-state index in [1.807, 2.05) is 19.1 Å². The minimum Gasteiger partial charge on any atom is -0.481 e. The Bertz CT molecular complexity index is 706. The molecular weight excluding hydrogens is 288 g/mol. The first-order valence-electron chi connectivity index (χ1n) is 6.65. The predicted molar refractivity (Wildman–Crippen MR) is 79.9 cm³/mol. The lowest BCUT2D eigenvalue weighted by Crippen LogP contribution is -2.13. The van der Waals surface area contributed by atoms with E-state index in [2.05, 4.69) is 10.3 Å². The van der Waals surface area contributed by atoms with E-state index in [0.29, 0.717) is 29.2 Å². The molecule has 0 fully saturated rings. The molecule has 1 heterocycles. The van der Waals surface area contributed by atoms with Gasteiger partial charge in [-0.3, -0.25) is 14.9 Å². The summed E-state index contributed by atoms with van der Waals surface area (Å²) in [5.41, 5.74) is 2.25. The van der Waals surface area contributed by atoms with E-state index in [1.54, 1.807) is 12.1 Å². The molecule has 1 aliphatic rings. The summed E-state index contributed by atoms with van der Waals surface area (Å²) in [4.78, 5) is 28.5. The molecule has 21 heavy (non-hydrogen) atoms. The highest BCUT2D eigenvalue weighted by atomic mass is 32.1. The second-order valence-corrected chi connectivity index (χ2v) is 6.16. The lowest BCUT2D eigenvalue weighted by Gasteiger charge is -2.03. The highest BCUT2D eigenvalue weighted by Crippen LogP contribution is 2.38. The molecule has 3 rings (SSSR count). The van der Waals surface area contributed by atoms with Crippen molar-refractivity contribution in [2.75, 3.05) is 5.32 Å². The van der Waals surface area contributed by atoms with Crippen LogP contribution in [0.1, 0.15) is 38.8 Å². The third kappa shape index (κ3) is 2.67. The molecule has 0 radical (unpaired) electrons. The van der Waals surface area contributed by atoms with Crippen molar-refractivity contribution in [1.82, 2.24) is 4.98 Å². The fourth-order valence-electron chi connectivity index (χ4n) is 2.40. The van der Waals surface area contributed by atoms with Gasteiger partial charge in [0, 0.05) is 10.4 Å². The van der Waals surface area contributed by atoms with Crippen LogP contribution in [0.4, 0.5) is 5.13 Å². The number of nitrogens with zero attached hydrogens (tertiary/aromatic N) is 1. The topological polar surface area (TPSA) is 79.3 Å². The molecule has 1 aromatic heterocycles. The average Bonchev–Trinajstić information content (AvgIpc) is 2.98. The molecule has 6 heteroatoms. The van der Waals surface area contributed by atoms with Crippen molar-refractivity contribution in [3.8, 4) is 0 Å².